The average Bonchev–Trinajstić information content (AvgIpc) is 2.18. The number of rotatable bonds is 3. The second kappa shape index (κ2) is 4.75. The lowest BCUT2D eigenvalue weighted by atomic mass is 10.2. The molecule has 0 saturated carbocycles. The van der Waals surface area contributed by atoms with Gasteiger partial charge in [0, 0.05) is 46.3 Å². The Hall–Kier alpha value is -0.210. The lowest BCUT2D eigenvalue weighted by Gasteiger charge is -2.38. The number of nitrogens with two attached hydrogens (primary N) is 1. The van der Waals surface area contributed by atoms with Crippen LogP contribution in [0, 0.1) is 0 Å². The molecule has 0 amide bonds. The highest BCUT2D eigenvalue weighted by atomic mass is 32.2. The SMILES string of the molecule is CN1CCN(S(=O)(=O)N(C)C)CC1CN. The molecule has 0 aliphatic carbocycles. The Kier molecular flexibility index (Phi) is 4.07. The van der Waals surface area contributed by atoms with Crippen molar-refractivity contribution in [2.45, 2.75) is 6.04 Å². The van der Waals surface area contributed by atoms with Crippen LogP contribution in [0.2, 0.25) is 0 Å². The molecule has 1 aliphatic rings. The van der Waals surface area contributed by atoms with Gasteiger partial charge in [-0.15, -0.1) is 0 Å². The molecular weight excluding hydrogens is 216 g/mol. The van der Waals surface area contributed by atoms with Crippen LogP contribution < -0.4 is 5.73 Å². The minimum Gasteiger partial charge on any atom is -0.329 e. The van der Waals surface area contributed by atoms with E-state index in [1.807, 2.05) is 7.05 Å². The molecule has 6 nitrogen and oxygen atoms in total. The minimum atomic E-state index is -3.28. The van der Waals surface area contributed by atoms with Gasteiger partial charge >= 0.3 is 0 Å². The van der Waals surface area contributed by atoms with Gasteiger partial charge in [-0.3, -0.25) is 4.90 Å². The largest absolute Gasteiger partial charge is 0.329 e. The molecule has 0 bridgehead atoms. The third-order valence-electron chi connectivity index (χ3n) is 2.80. The van der Waals surface area contributed by atoms with Crippen molar-refractivity contribution in [1.82, 2.24) is 13.5 Å². The summed E-state index contributed by atoms with van der Waals surface area (Å²) in [5, 5.41) is 0. The zero-order valence-corrected chi connectivity index (χ0v) is 10.4. The summed E-state index contributed by atoms with van der Waals surface area (Å²) in [5.74, 6) is 0. The lowest BCUT2D eigenvalue weighted by molar-refractivity contribution is 0.148. The van der Waals surface area contributed by atoms with E-state index in [1.54, 1.807) is 14.1 Å². The third kappa shape index (κ3) is 2.67. The summed E-state index contributed by atoms with van der Waals surface area (Å²) in [6, 6.07) is 0.119. The highest BCUT2D eigenvalue weighted by molar-refractivity contribution is 7.86. The van der Waals surface area contributed by atoms with Crippen LogP contribution in [0.15, 0.2) is 0 Å². The summed E-state index contributed by atoms with van der Waals surface area (Å²) < 4.78 is 26.4. The van der Waals surface area contributed by atoms with Crippen molar-refractivity contribution in [2.75, 3.05) is 47.3 Å². The van der Waals surface area contributed by atoms with Gasteiger partial charge in [-0.2, -0.15) is 17.0 Å². The van der Waals surface area contributed by atoms with Crippen molar-refractivity contribution in [1.29, 1.82) is 0 Å². The van der Waals surface area contributed by atoms with Gasteiger partial charge in [0.15, 0.2) is 0 Å². The Labute approximate surface area is 91.8 Å². The van der Waals surface area contributed by atoms with Gasteiger partial charge in [0.2, 0.25) is 0 Å². The normalized spacial score (nSPS) is 26.1. The van der Waals surface area contributed by atoms with Gasteiger partial charge in [0.25, 0.3) is 10.2 Å². The summed E-state index contributed by atoms with van der Waals surface area (Å²) in [5.41, 5.74) is 5.60. The van der Waals surface area contributed by atoms with Gasteiger partial charge in [0.05, 0.1) is 0 Å². The molecule has 1 rings (SSSR count). The molecular formula is C8H20N4O2S. The van der Waals surface area contributed by atoms with E-state index in [0.29, 0.717) is 19.6 Å². The van der Waals surface area contributed by atoms with E-state index in [9.17, 15) is 8.42 Å². The number of likely N-dealkylation sites (N-methyl/N-ethyl adjacent to an activating group) is 1. The Bertz CT molecular complexity index is 304. The van der Waals surface area contributed by atoms with E-state index in [-0.39, 0.29) is 6.04 Å². The average molecular weight is 236 g/mol. The Balaban J connectivity index is 2.75. The molecule has 1 saturated heterocycles. The minimum absolute atomic E-state index is 0.119. The van der Waals surface area contributed by atoms with Gasteiger partial charge < -0.3 is 5.73 Å². The monoisotopic (exact) mass is 236 g/mol. The molecule has 15 heavy (non-hydrogen) atoms. The molecule has 0 aromatic carbocycles. The quantitative estimate of drug-likeness (QED) is 0.638. The molecule has 0 aromatic heterocycles. The van der Waals surface area contributed by atoms with Crippen molar-refractivity contribution in [3.05, 3.63) is 0 Å². The summed E-state index contributed by atoms with van der Waals surface area (Å²) in [7, 11) is 1.78. The first-order valence-electron chi connectivity index (χ1n) is 4.97. The summed E-state index contributed by atoms with van der Waals surface area (Å²) in [6.45, 7) is 2.23. The molecule has 1 heterocycles. The molecule has 1 atom stereocenters. The first-order valence-corrected chi connectivity index (χ1v) is 6.37. The van der Waals surface area contributed by atoms with Crippen molar-refractivity contribution in [3.8, 4) is 0 Å². The number of hydrogen-bond donors (Lipinski definition) is 1. The van der Waals surface area contributed by atoms with Crippen LogP contribution in [-0.2, 0) is 10.2 Å². The Morgan fingerprint density at radius 3 is 2.47 bits per heavy atom. The van der Waals surface area contributed by atoms with Gasteiger partial charge in [-0.05, 0) is 7.05 Å². The van der Waals surface area contributed by atoms with Crippen LogP contribution in [0.5, 0.6) is 0 Å². The highest BCUT2D eigenvalue weighted by Gasteiger charge is 2.31. The van der Waals surface area contributed by atoms with Crippen LogP contribution in [0.1, 0.15) is 0 Å². The van der Waals surface area contributed by atoms with E-state index in [1.165, 1.54) is 8.61 Å². The Morgan fingerprint density at radius 1 is 1.40 bits per heavy atom. The number of hydrogen-bond acceptors (Lipinski definition) is 4. The molecule has 90 valence electrons. The predicted octanol–water partition coefficient (Wildman–Crippen LogP) is -1.63. The third-order valence-corrected chi connectivity index (χ3v) is 4.71. The maximum Gasteiger partial charge on any atom is 0.281 e. The first kappa shape index (κ1) is 12.9. The second-order valence-electron chi connectivity index (χ2n) is 4.02. The lowest BCUT2D eigenvalue weighted by Crippen LogP contribution is -2.57. The molecule has 0 aromatic rings. The second-order valence-corrected chi connectivity index (χ2v) is 6.16. The highest BCUT2D eigenvalue weighted by Crippen LogP contribution is 2.12. The van der Waals surface area contributed by atoms with Crippen LogP contribution in [-0.4, -0.2) is 75.3 Å². The molecule has 1 aliphatic heterocycles. The smallest absolute Gasteiger partial charge is 0.281 e. The summed E-state index contributed by atoms with van der Waals surface area (Å²) >= 11 is 0. The fourth-order valence-electron chi connectivity index (χ4n) is 1.61. The predicted molar refractivity (Wildman–Crippen MR) is 59.7 cm³/mol. The summed E-state index contributed by atoms with van der Waals surface area (Å²) in [4.78, 5) is 2.10. The van der Waals surface area contributed by atoms with Crippen LogP contribution >= 0.6 is 0 Å². The Morgan fingerprint density at radius 2 is 2.00 bits per heavy atom. The molecule has 0 spiro atoms. The van der Waals surface area contributed by atoms with Crippen LogP contribution in [0.25, 0.3) is 0 Å². The van der Waals surface area contributed by atoms with E-state index in [4.69, 9.17) is 5.73 Å². The van der Waals surface area contributed by atoms with E-state index >= 15 is 0 Å². The van der Waals surface area contributed by atoms with Crippen molar-refractivity contribution in [3.63, 3.8) is 0 Å². The van der Waals surface area contributed by atoms with Crippen molar-refractivity contribution in [2.24, 2.45) is 5.73 Å². The summed E-state index contributed by atoms with van der Waals surface area (Å²) in [6.07, 6.45) is 0. The molecule has 1 unspecified atom stereocenters. The number of nitrogens with zero attached hydrogens (tertiary/aromatic N) is 3. The standard InChI is InChI=1S/C8H20N4O2S/c1-10(2)15(13,14)12-5-4-11(3)8(6-9)7-12/h8H,4-7,9H2,1-3H3. The van der Waals surface area contributed by atoms with Crippen LogP contribution in [0.4, 0.5) is 0 Å². The van der Waals surface area contributed by atoms with Gasteiger partial charge in [-0.25, -0.2) is 0 Å². The molecule has 1 fully saturated rings. The van der Waals surface area contributed by atoms with E-state index in [0.717, 1.165) is 6.54 Å². The number of piperazine rings is 1. The zero-order valence-electron chi connectivity index (χ0n) is 9.55. The topological polar surface area (TPSA) is 69.9 Å². The van der Waals surface area contributed by atoms with Crippen LogP contribution in [0.3, 0.4) is 0 Å². The van der Waals surface area contributed by atoms with E-state index in [2.05, 4.69) is 4.90 Å². The van der Waals surface area contributed by atoms with E-state index < -0.39 is 10.2 Å². The molecule has 2 N–H and O–H groups in total. The fraction of sp³-hybridized carbons (Fsp3) is 1.00. The van der Waals surface area contributed by atoms with Crippen molar-refractivity contribution < 1.29 is 8.42 Å². The first-order chi connectivity index (χ1) is 6.89. The van der Waals surface area contributed by atoms with Gasteiger partial charge in [-0.1, -0.05) is 0 Å². The maximum absolute atomic E-state index is 11.8. The van der Waals surface area contributed by atoms with Gasteiger partial charge in [0.1, 0.15) is 0 Å². The molecule has 0 radical (unpaired) electrons. The zero-order chi connectivity index (χ0) is 11.6. The van der Waals surface area contributed by atoms with Crippen molar-refractivity contribution >= 4 is 10.2 Å². The molecule has 7 heteroatoms. The maximum atomic E-state index is 11.8. The fourth-order valence-corrected chi connectivity index (χ4v) is 2.75.